The van der Waals surface area contributed by atoms with Crippen LogP contribution in [0.25, 0.3) is 0 Å². The summed E-state index contributed by atoms with van der Waals surface area (Å²) in [7, 11) is 0. The zero-order chi connectivity index (χ0) is 13.7. The van der Waals surface area contributed by atoms with Gasteiger partial charge in [0, 0.05) is 0 Å². The Morgan fingerprint density at radius 1 is 1.11 bits per heavy atom. The molecule has 0 amide bonds. The van der Waals surface area contributed by atoms with Crippen molar-refractivity contribution in [3.05, 3.63) is 20.2 Å². The fourth-order valence-electron chi connectivity index (χ4n) is 1.20. The van der Waals surface area contributed by atoms with Crippen LogP contribution < -0.4 is 0 Å². The van der Waals surface area contributed by atoms with Crippen molar-refractivity contribution in [3.8, 4) is 0 Å². The molecule has 0 aromatic carbocycles. The van der Waals surface area contributed by atoms with Crippen molar-refractivity contribution in [3.63, 3.8) is 0 Å². The van der Waals surface area contributed by atoms with Gasteiger partial charge in [0.15, 0.2) is 0 Å². The van der Waals surface area contributed by atoms with Crippen molar-refractivity contribution in [2.75, 3.05) is 6.61 Å². The van der Waals surface area contributed by atoms with Gasteiger partial charge in [0.25, 0.3) is 0 Å². The summed E-state index contributed by atoms with van der Waals surface area (Å²) < 4.78 is 8.43. The molecule has 0 radical (unpaired) electrons. The van der Waals surface area contributed by atoms with Gasteiger partial charge >= 0.3 is 111 Å². The van der Waals surface area contributed by atoms with Crippen LogP contribution in [0.5, 0.6) is 0 Å². The van der Waals surface area contributed by atoms with Crippen LogP contribution in [0.4, 0.5) is 0 Å². The van der Waals surface area contributed by atoms with E-state index in [2.05, 4.69) is 0 Å². The normalized spacial score (nSPS) is 21.6. The van der Waals surface area contributed by atoms with Crippen LogP contribution in [0.1, 0.15) is 0 Å². The number of hydrogen-bond donors (Lipinski definition) is 5. The van der Waals surface area contributed by atoms with E-state index in [9.17, 15) is 20.1 Å². The summed E-state index contributed by atoms with van der Waals surface area (Å²) in [5.74, 6) is -1.05. The fraction of sp³-hybridized carbons (Fsp3) is 0.500. The molecule has 0 bridgehead atoms. The Bertz CT molecular complexity index is 331. The topological polar surface area (TPSA) is 127 Å². The molecule has 1 heterocycles. The van der Waals surface area contributed by atoms with Gasteiger partial charge in [-0.15, -0.1) is 0 Å². The van der Waals surface area contributed by atoms with Gasteiger partial charge in [-0.1, -0.05) is 0 Å². The molecule has 1 aliphatic rings. The van der Waals surface area contributed by atoms with Crippen molar-refractivity contribution >= 4 is 26.6 Å². The third-order valence-electron chi connectivity index (χ3n) is 2.27. The van der Waals surface area contributed by atoms with E-state index in [0.29, 0.717) is 0 Å². The van der Waals surface area contributed by atoms with E-state index in [-0.39, 0.29) is 0 Å². The predicted molar refractivity (Wildman–Crippen MR) is 61.2 cm³/mol. The number of hydrogen-bond acceptors (Lipinski definition) is 7. The number of rotatable bonds is 6. The average Bonchev–Trinajstić information content (AvgIpc) is 2.87. The summed E-state index contributed by atoms with van der Waals surface area (Å²) >= 11 is -2.41. The zero-order valence-electron chi connectivity index (χ0n) is 9.33. The molecule has 0 saturated carbocycles. The van der Waals surface area contributed by atoms with Gasteiger partial charge in [0.05, 0.1) is 0 Å². The van der Waals surface area contributed by atoms with Crippen LogP contribution >= 0.6 is 0 Å². The van der Waals surface area contributed by atoms with Crippen molar-refractivity contribution in [2.24, 2.45) is 0 Å². The van der Waals surface area contributed by atoms with Crippen LogP contribution in [-0.4, -0.2) is 83.2 Å². The minimum atomic E-state index is -2.41. The molecule has 1 rings (SSSR count). The molecular formula is C10H15O7Sb. The van der Waals surface area contributed by atoms with Gasteiger partial charge in [0.2, 0.25) is 0 Å². The van der Waals surface area contributed by atoms with E-state index in [0.717, 1.165) is 0 Å². The number of aliphatic hydroxyl groups is 5. The van der Waals surface area contributed by atoms with Crippen molar-refractivity contribution in [1.29, 1.82) is 0 Å². The van der Waals surface area contributed by atoms with Crippen molar-refractivity contribution in [2.45, 2.75) is 24.4 Å². The van der Waals surface area contributed by atoms with Crippen LogP contribution in [-0.2, 0) is 7.81 Å². The maximum atomic E-state index is 11.4. The molecule has 102 valence electrons. The standard InChI is InChI=1S/C6H12O7.C4H4.Sb/c7-1-2(8)3(9)4(10)5(11)6(12)13;1-3-4-2;/h2-5,7-11H,1H2,(H,12,13);1-4H;/q;;+1/p-1. The molecular weight excluding hydrogens is 354 g/mol. The first kappa shape index (κ1) is 15.6. The molecule has 8 heteroatoms. The monoisotopic (exact) mass is 368 g/mol. The molecule has 0 aromatic heterocycles. The van der Waals surface area contributed by atoms with Crippen LogP contribution in [0.15, 0.2) is 20.2 Å². The van der Waals surface area contributed by atoms with Crippen LogP contribution in [0.3, 0.4) is 0 Å². The molecule has 0 fully saturated rings. The third kappa shape index (κ3) is 4.05. The first-order valence-corrected chi connectivity index (χ1v) is 9.14. The van der Waals surface area contributed by atoms with Gasteiger partial charge in [-0.2, -0.15) is 0 Å². The number of allylic oxidation sites excluding steroid dienone is 2. The Morgan fingerprint density at radius 2 is 1.67 bits per heavy atom. The average molecular weight is 369 g/mol. The second kappa shape index (κ2) is 7.23. The Kier molecular flexibility index (Phi) is 6.28. The van der Waals surface area contributed by atoms with Crippen LogP contribution in [0, 0.1) is 0 Å². The second-order valence-corrected chi connectivity index (χ2v) is 7.91. The van der Waals surface area contributed by atoms with Crippen LogP contribution in [0.2, 0.25) is 0 Å². The van der Waals surface area contributed by atoms with Gasteiger partial charge in [-0.25, -0.2) is 0 Å². The van der Waals surface area contributed by atoms with Crippen molar-refractivity contribution < 1.29 is 33.3 Å². The molecule has 0 aromatic rings. The zero-order valence-corrected chi connectivity index (χ0v) is 11.9. The minimum absolute atomic E-state index is 0.800. The van der Waals surface area contributed by atoms with Gasteiger partial charge < -0.3 is 0 Å². The molecule has 0 saturated heterocycles. The molecule has 7 nitrogen and oxygen atoms in total. The summed E-state index contributed by atoms with van der Waals surface area (Å²) in [6.07, 6.45) is -3.91. The number of carbonyl (C=O) groups is 1. The number of aliphatic hydroxyl groups excluding tert-OH is 5. The molecule has 4 atom stereocenters. The van der Waals surface area contributed by atoms with E-state index < -0.39 is 57.6 Å². The molecule has 0 aliphatic carbocycles. The van der Waals surface area contributed by atoms with Gasteiger partial charge in [-0.3, -0.25) is 0 Å². The first-order chi connectivity index (χ1) is 8.47. The van der Waals surface area contributed by atoms with Gasteiger partial charge in [-0.05, 0) is 0 Å². The van der Waals surface area contributed by atoms with Crippen molar-refractivity contribution in [1.82, 2.24) is 0 Å². The third-order valence-corrected chi connectivity index (χ3v) is 6.04. The Balaban J connectivity index is 2.51. The van der Waals surface area contributed by atoms with E-state index in [4.69, 9.17) is 13.2 Å². The van der Waals surface area contributed by atoms with E-state index >= 15 is 0 Å². The maximum absolute atomic E-state index is 11.4. The summed E-state index contributed by atoms with van der Waals surface area (Å²) in [6, 6.07) is 0. The quantitative estimate of drug-likeness (QED) is 0.319. The molecule has 4 unspecified atom stereocenters. The summed E-state index contributed by atoms with van der Waals surface area (Å²) in [5, 5.41) is 45.9. The molecule has 18 heavy (non-hydrogen) atoms. The molecule has 0 spiro atoms. The Morgan fingerprint density at radius 3 is 2.17 bits per heavy atom. The second-order valence-electron chi connectivity index (χ2n) is 3.63. The Hall–Kier alpha value is -0.432. The predicted octanol–water partition coefficient (Wildman–Crippen LogP) is -2.84. The molecule has 5 N–H and O–H groups in total. The first-order valence-electron chi connectivity index (χ1n) is 5.15. The van der Waals surface area contributed by atoms with E-state index in [1.807, 2.05) is 0 Å². The molecule has 1 aliphatic heterocycles. The fourth-order valence-corrected chi connectivity index (χ4v) is 4.27. The summed E-state index contributed by atoms with van der Waals surface area (Å²) in [4.78, 5) is 11.4. The Labute approximate surface area is 111 Å². The van der Waals surface area contributed by atoms with Gasteiger partial charge in [0.1, 0.15) is 0 Å². The summed E-state index contributed by atoms with van der Waals surface area (Å²) in [5.41, 5.74) is 0. The van der Waals surface area contributed by atoms with E-state index in [1.54, 1.807) is 20.2 Å². The van der Waals surface area contributed by atoms with E-state index in [1.165, 1.54) is 0 Å². The number of carbonyl (C=O) groups excluding carboxylic acids is 1. The SMILES string of the molecule is O=C([O][Sb]1[CH]=CC=[CH]1)C(O)C(O)C(O)C(O)CO. The summed E-state index contributed by atoms with van der Waals surface area (Å²) in [6.45, 7) is -0.800.